The van der Waals surface area contributed by atoms with Crippen molar-refractivity contribution in [3.63, 3.8) is 0 Å². The van der Waals surface area contributed by atoms with E-state index in [1.807, 2.05) is 0 Å². The maximum atomic E-state index is 7.29. The number of hydrogen-bond acceptors (Lipinski definition) is 2. The van der Waals surface area contributed by atoms with Gasteiger partial charge in [0.05, 0.1) is 6.10 Å². The van der Waals surface area contributed by atoms with E-state index in [9.17, 15) is 0 Å². The highest BCUT2D eigenvalue weighted by Gasteiger charge is 2.51. The first-order valence-electron chi connectivity index (χ1n) is 13.9. The van der Waals surface area contributed by atoms with Gasteiger partial charge in [-0.3, -0.25) is 0 Å². The summed E-state index contributed by atoms with van der Waals surface area (Å²) in [6, 6.07) is 21.8. The molecule has 0 heterocycles. The fourth-order valence-electron chi connectivity index (χ4n) is 6.34. The van der Waals surface area contributed by atoms with E-state index in [1.165, 1.54) is 10.4 Å². The van der Waals surface area contributed by atoms with Crippen molar-refractivity contribution in [3.8, 4) is 0 Å². The summed E-state index contributed by atoms with van der Waals surface area (Å²) in [6.45, 7) is 28.3. The molecule has 2 aromatic carbocycles. The molecule has 0 spiro atoms. The molecule has 36 heavy (non-hydrogen) atoms. The van der Waals surface area contributed by atoms with E-state index in [0.29, 0.717) is 23.2 Å². The molecular weight excluding hydrogens is 473 g/mol. The standard InChI is InChI=1S/C32H52O2Si2/c1-12-28(8)31(34-35(25(2)3,26(4)5)27(6)7)23-24-33-36(32(9,10)11,29-19-15-13-16-20-29)30-21-17-14-18-22-30/h12-22,25-28,31H,1,23-24H2,2-11H3/t28-,31-/m1/s1. The molecule has 0 amide bonds. The van der Waals surface area contributed by atoms with Gasteiger partial charge in [0.15, 0.2) is 0 Å². The lowest BCUT2D eigenvalue weighted by Crippen LogP contribution is -2.66. The Hall–Kier alpha value is -1.47. The van der Waals surface area contributed by atoms with Crippen molar-refractivity contribution in [3.05, 3.63) is 73.3 Å². The Bertz CT molecular complexity index is 855. The molecule has 200 valence electrons. The van der Waals surface area contributed by atoms with Crippen molar-refractivity contribution in [1.82, 2.24) is 0 Å². The molecule has 0 saturated carbocycles. The van der Waals surface area contributed by atoms with E-state index in [-0.39, 0.29) is 17.1 Å². The largest absolute Gasteiger partial charge is 0.412 e. The topological polar surface area (TPSA) is 18.5 Å². The third-order valence-electron chi connectivity index (χ3n) is 8.16. The van der Waals surface area contributed by atoms with Crippen LogP contribution in [0.1, 0.15) is 75.7 Å². The maximum absolute atomic E-state index is 7.29. The molecule has 0 aliphatic carbocycles. The van der Waals surface area contributed by atoms with Gasteiger partial charge in [-0.1, -0.05) is 136 Å². The monoisotopic (exact) mass is 524 g/mol. The third-order valence-corrected chi connectivity index (χ3v) is 19.3. The van der Waals surface area contributed by atoms with Crippen LogP contribution in [0.2, 0.25) is 21.7 Å². The zero-order valence-electron chi connectivity index (χ0n) is 24.7. The second-order valence-electron chi connectivity index (χ2n) is 12.4. The highest BCUT2D eigenvalue weighted by Crippen LogP contribution is 2.44. The highest BCUT2D eigenvalue weighted by atomic mass is 28.4. The molecule has 0 fully saturated rings. The Labute approximate surface area is 224 Å². The van der Waals surface area contributed by atoms with Gasteiger partial charge in [-0.15, -0.1) is 6.58 Å². The second kappa shape index (κ2) is 12.9. The van der Waals surface area contributed by atoms with Gasteiger partial charge in [0.25, 0.3) is 8.32 Å². The van der Waals surface area contributed by atoms with Gasteiger partial charge in [0.1, 0.15) is 0 Å². The van der Waals surface area contributed by atoms with E-state index < -0.39 is 16.6 Å². The SMILES string of the molecule is C=C[C@@H](C)[C@@H](CCO[Si](c1ccccc1)(c1ccccc1)C(C)(C)C)O[Si](C(C)C)(C(C)C)C(C)C. The van der Waals surface area contributed by atoms with Gasteiger partial charge in [-0.2, -0.15) is 0 Å². The molecule has 2 nitrogen and oxygen atoms in total. The van der Waals surface area contributed by atoms with E-state index in [0.717, 1.165) is 6.42 Å². The lowest BCUT2D eigenvalue weighted by atomic mass is 10.0. The molecule has 0 radical (unpaired) electrons. The summed E-state index contributed by atoms with van der Waals surface area (Å²) >= 11 is 0. The van der Waals surface area contributed by atoms with Gasteiger partial charge in [0, 0.05) is 6.61 Å². The molecule has 0 bridgehead atoms. The number of rotatable bonds is 13. The average molecular weight is 525 g/mol. The fraction of sp³-hybridized carbons (Fsp3) is 0.562. The summed E-state index contributed by atoms with van der Waals surface area (Å²) in [5, 5.41) is 2.63. The minimum atomic E-state index is -2.56. The first kappa shape index (κ1) is 30.8. The highest BCUT2D eigenvalue weighted by molar-refractivity contribution is 6.99. The minimum absolute atomic E-state index is 0.0254. The van der Waals surface area contributed by atoms with Crippen LogP contribution in [0.25, 0.3) is 0 Å². The molecule has 0 N–H and O–H groups in total. The van der Waals surface area contributed by atoms with Crippen molar-refractivity contribution in [2.75, 3.05) is 6.61 Å². The summed E-state index contributed by atoms with van der Waals surface area (Å²) < 4.78 is 14.5. The van der Waals surface area contributed by atoms with Crippen LogP contribution in [-0.2, 0) is 8.85 Å². The Balaban J connectivity index is 2.46. The van der Waals surface area contributed by atoms with Crippen LogP contribution in [0.5, 0.6) is 0 Å². The van der Waals surface area contributed by atoms with E-state index in [2.05, 4.69) is 143 Å². The van der Waals surface area contributed by atoms with Crippen molar-refractivity contribution < 1.29 is 8.85 Å². The van der Waals surface area contributed by atoms with E-state index >= 15 is 0 Å². The van der Waals surface area contributed by atoms with E-state index in [1.54, 1.807) is 0 Å². The predicted molar refractivity (Wildman–Crippen MR) is 163 cm³/mol. The Morgan fingerprint density at radius 1 is 0.750 bits per heavy atom. The van der Waals surface area contributed by atoms with Crippen molar-refractivity contribution >= 4 is 27.0 Å². The van der Waals surface area contributed by atoms with Crippen molar-refractivity contribution in [2.45, 2.75) is 103 Å². The van der Waals surface area contributed by atoms with E-state index in [4.69, 9.17) is 8.85 Å². The summed E-state index contributed by atoms with van der Waals surface area (Å²) in [6.07, 6.45) is 3.05. The van der Waals surface area contributed by atoms with Gasteiger partial charge >= 0.3 is 0 Å². The summed E-state index contributed by atoms with van der Waals surface area (Å²) in [5.41, 5.74) is 1.65. The van der Waals surface area contributed by atoms with Crippen LogP contribution in [0.4, 0.5) is 0 Å². The Kier molecular flexibility index (Phi) is 11.0. The van der Waals surface area contributed by atoms with Crippen LogP contribution in [-0.4, -0.2) is 29.3 Å². The normalized spacial score (nSPS) is 14.9. The van der Waals surface area contributed by atoms with Gasteiger partial charge < -0.3 is 8.85 Å². The van der Waals surface area contributed by atoms with Crippen LogP contribution in [0.3, 0.4) is 0 Å². The van der Waals surface area contributed by atoms with Gasteiger partial charge in [-0.05, 0) is 44.4 Å². The smallest absolute Gasteiger partial charge is 0.261 e. The molecule has 2 aromatic rings. The van der Waals surface area contributed by atoms with Gasteiger partial charge in [0.2, 0.25) is 8.32 Å². The molecular formula is C32H52O2Si2. The molecule has 0 unspecified atom stereocenters. The molecule has 0 aliphatic rings. The summed E-state index contributed by atoms with van der Waals surface area (Å²) in [7, 11) is -4.58. The molecule has 4 heteroatoms. The number of benzene rings is 2. The quantitative estimate of drug-likeness (QED) is 0.194. The zero-order valence-corrected chi connectivity index (χ0v) is 26.7. The van der Waals surface area contributed by atoms with Crippen molar-refractivity contribution in [1.29, 1.82) is 0 Å². The zero-order chi connectivity index (χ0) is 27.1. The number of hydrogen-bond donors (Lipinski definition) is 0. The second-order valence-corrected chi connectivity index (χ2v) is 22.1. The first-order valence-corrected chi connectivity index (χ1v) is 17.9. The van der Waals surface area contributed by atoms with Crippen LogP contribution in [0, 0.1) is 5.92 Å². The lowest BCUT2D eigenvalue weighted by Gasteiger charge is -2.46. The fourth-order valence-corrected chi connectivity index (χ4v) is 16.6. The molecule has 0 aromatic heterocycles. The van der Waals surface area contributed by atoms with Crippen LogP contribution >= 0.6 is 0 Å². The molecule has 0 saturated heterocycles. The lowest BCUT2D eigenvalue weighted by molar-refractivity contribution is 0.109. The molecule has 0 aliphatic heterocycles. The summed E-state index contributed by atoms with van der Waals surface area (Å²) in [5.74, 6) is 0.274. The molecule has 2 rings (SSSR count). The van der Waals surface area contributed by atoms with Gasteiger partial charge in [-0.25, -0.2) is 0 Å². The van der Waals surface area contributed by atoms with Crippen molar-refractivity contribution in [2.24, 2.45) is 5.92 Å². The molecule has 2 atom stereocenters. The predicted octanol–water partition coefficient (Wildman–Crippen LogP) is 8.34. The minimum Gasteiger partial charge on any atom is -0.412 e. The Morgan fingerprint density at radius 2 is 1.17 bits per heavy atom. The average Bonchev–Trinajstić information content (AvgIpc) is 2.83. The van der Waals surface area contributed by atoms with Crippen LogP contribution < -0.4 is 10.4 Å². The van der Waals surface area contributed by atoms with Crippen LogP contribution in [0.15, 0.2) is 73.3 Å². The first-order chi connectivity index (χ1) is 16.8. The third kappa shape index (κ3) is 6.32. The Morgan fingerprint density at radius 3 is 1.50 bits per heavy atom. The summed E-state index contributed by atoms with van der Waals surface area (Å²) in [4.78, 5) is 0. The maximum Gasteiger partial charge on any atom is 0.261 e.